The number of hydrogen-bond acceptors (Lipinski definition) is 3. The van der Waals surface area contributed by atoms with E-state index in [0.29, 0.717) is 0 Å². The van der Waals surface area contributed by atoms with Crippen LogP contribution >= 0.6 is 11.3 Å². The number of hydrogen-bond donors (Lipinski definition) is 0. The number of benzene rings is 3. The van der Waals surface area contributed by atoms with Crippen molar-refractivity contribution in [2.24, 2.45) is 0 Å². The largest absolute Gasteiger partial charge is 0.255 e. The van der Waals surface area contributed by atoms with Crippen LogP contribution in [-0.2, 0) is 16.2 Å². The van der Waals surface area contributed by atoms with Crippen LogP contribution in [0.2, 0.25) is 0 Å². The van der Waals surface area contributed by atoms with Gasteiger partial charge in [-0.3, -0.25) is 4.98 Å². The number of nitriles is 1. The van der Waals surface area contributed by atoms with Crippen LogP contribution in [-0.4, -0.2) is 4.98 Å². The quantitative estimate of drug-likeness (QED) is 0.222. The molecule has 0 saturated heterocycles. The summed E-state index contributed by atoms with van der Waals surface area (Å²) in [7, 11) is 0. The fraction of sp³-hybridized carbons (Fsp3) is 0.371. The minimum atomic E-state index is 0.00341. The van der Waals surface area contributed by atoms with Gasteiger partial charge in [-0.25, -0.2) is 0 Å². The van der Waals surface area contributed by atoms with E-state index in [4.69, 9.17) is 4.98 Å². The molecule has 1 aliphatic carbocycles. The zero-order valence-electron chi connectivity index (χ0n) is 23.8. The molecule has 2 heterocycles. The predicted octanol–water partition coefficient (Wildman–Crippen LogP) is 10.1. The fourth-order valence-corrected chi connectivity index (χ4v) is 8.39. The molecule has 0 saturated carbocycles. The normalized spacial score (nSPS) is 16.6. The minimum Gasteiger partial charge on any atom is -0.255 e. The van der Waals surface area contributed by atoms with Crippen molar-refractivity contribution in [3.63, 3.8) is 0 Å². The lowest BCUT2D eigenvalue weighted by Gasteiger charge is -2.43. The summed E-state index contributed by atoms with van der Waals surface area (Å²) in [6.45, 7) is 18.5. The Morgan fingerprint density at radius 3 is 2.26 bits per heavy atom. The SMILES string of the molecule is Cc1c2c(c3sc4c(-c5cc(C(C)(C)C)c6ccccc6c5)nccc4c3c1C#N)C(C)(C)CCC2(C)C. The Balaban J connectivity index is 1.76. The van der Waals surface area contributed by atoms with E-state index < -0.39 is 0 Å². The van der Waals surface area contributed by atoms with Crippen LogP contribution in [0.3, 0.4) is 0 Å². The summed E-state index contributed by atoms with van der Waals surface area (Å²) in [5.74, 6) is 0. The van der Waals surface area contributed by atoms with E-state index >= 15 is 0 Å². The summed E-state index contributed by atoms with van der Waals surface area (Å²) in [6, 6.07) is 18.1. The molecule has 2 aromatic heterocycles. The molecule has 0 atom stereocenters. The molecular weight excluding hydrogens is 480 g/mol. The van der Waals surface area contributed by atoms with Crippen molar-refractivity contribution >= 4 is 42.3 Å². The first-order chi connectivity index (χ1) is 17.8. The van der Waals surface area contributed by atoms with E-state index in [1.165, 1.54) is 36.9 Å². The van der Waals surface area contributed by atoms with Gasteiger partial charge in [-0.1, -0.05) is 72.7 Å². The fourth-order valence-electron chi connectivity index (χ4n) is 6.84. The van der Waals surface area contributed by atoms with Gasteiger partial charge in [-0.2, -0.15) is 5.26 Å². The number of rotatable bonds is 1. The average Bonchev–Trinajstić information content (AvgIpc) is 3.24. The Labute approximate surface area is 230 Å². The van der Waals surface area contributed by atoms with Crippen molar-refractivity contribution in [2.75, 3.05) is 0 Å². The number of nitrogens with zero attached hydrogens (tertiary/aromatic N) is 2. The molecule has 1 aliphatic rings. The molecule has 0 fully saturated rings. The van der Waals surface area contributed by atoms with E-state index in [1.54, 1.807) is 0 Å². The lowest BCUT2D eigenvalue weighted by Crippen LogP contribution is -2.35. The van der Waals surface area contributed by atoms with Crippen molar-refractivity contribution in [2.45, 2.75) is 84.5 Å². The third-order valence-electron chi connectivity index (χ3n) is 8.87. The maximum absolute atomic E-state index is 10.5. The standard InChI is InChI=1S/C35H36N2S/c1-20-25(19-36)27-24-13-16-37-30(22-17-21-11-9-10-12-23(21)26(18-22)33(2,3)4)31(24)38-32(27)29-28(20)34(5,6)14-15-35(29,7)8/h9-13,16-18H,14-15H2,1-8H3. The van der Waals surface area contributed by atoms with Crippen molar-refractivity contribution in [3.05, 3.63) is 76.5 Å². The highest BCUT2D eigenvalue weighted by molar-refractivity contribution is 7.26. The smallest absolute Gasteiger partial charge is 0.100 e. The first-order valence-electron chi connectivity index (χ1n) is 13.7. The van der Waals surface area contributed by atoms with Gasteiger partial charge in [0.15, 0.2) is 0 Å². The molecule has 0 aliphatic heterocycles. The van der Waals surface area contributed by atoms with Crippen LogP contribution in [0.15, 0.2) is 48.7 Å². The lowest BCUT2D eigenvalue weighted by molar-refractivity contribution is 0.333. The van der Waals surface area contributed by atoms with Gasteiger partial charge in [-0.05, 0) is 87.2 Å². The van der Waals surface area contributed by atoms with Gasteiger partial charge in [0.25, 0.3) is 0 Å². The molecule has 0 radical (unpaired) electrons. The van der Waals surface area contributed by atoms with Crippen molar-refractivity contribution in [3.8, 4) is 17.3 Å². The second-order valence-corrected chi connectivity index (χ2v) is 14.5. The number of pyridine rings is 1. The van der Waals surface area contributed by atoms with E-state index in [9.17, 15) is 5.26 Å². The van der Waals surface area contributed by atoms with E-state index in [-0.39, 0.29) is 16.2 Å². The maximum atomic E-state index is 10.5. The topological polar surface area (TPSA) is 36.7 Å². The van der Waals surface area contributed by atoms with E-state index in [1.807, 2.05) is 17.5 Å². The molecule has 38 heavy (non-hydrogen) atoms. The Kier molecular flexibility index (Phi) is 5.37. The summed E-state index contributed by atoms with van der Waals surface area (Å²) in [4.78, 5) is 4.98. The van der Waals surface area contributed by atoms with Gasteiger partial charge in [0.05, 0.1) is 16.0 Å². The third-order valence-corrected chi connectivity index (χ3v) is 10.1. The predicted molar refractivity (Wildman–Crippen MR) is 164 cm³/mol. The molecule has 3 heteroatoms. The summed E-state index contributed by atoms with van der Waals surface area (Å²) < 4.78 is 2.46. The molecule has 6 rings (SSSR count). The molecule has 0 N–H and O–H groups in total. The zero-order chi connectivity index (χ0) is 27.2. The van der Waals surface area contributed by atoms with Crippen LogP contribution in [0.4, 0.5) is 0 Å². The van der Waals surface area contributed by atoms with Crippen LogP contribution < -0.4 is 0 Å². The molecule has 192 valence electrons. The molecule has 2 nitrogen and oxygen atoms in total. The highest BCUT2D eigenvalue weighted by Crippen LogP contribution is 2.54. The zero-order valence-corrected chi connectivity index (χ0v) is 24.7. The number of thiophene rings is 1. The van der Waals surface area contributed by atoms with Crippen LogP contribution in [0.5, 0.6) is 0 Å². The van der Waals surface area contributed by atoms with E-state index in [2.05, 4.69) is 104 Å². The van der Waals surface area contributed by atoms with Crippen molar-refractivity contribution in [1.82, 2.24) is 4.98 Å². The Morgan fingerprint density at radius 2 is 1.58 bits per heavy atom. The van der Waals surface area contributed by atoms with Crippen molar-refractivity contribution in [1.29, 1.82) is 5.26 Å². The van der Waals surface area contributed by atoms with Crippen molar-refractivity contribution < 1.29 is 0 Å². The highest BCUT2D eigenvalue weighted by atomic mass is 32.1. The first-order valence-corrected chi connectivity index (χ1v) is 14.5. The van der Waals surface area contributed by atoms with Gasteiger partial charge >= 0.3 is 0 Å². The van der Waals surface area contributed by atoms with Crippen LogP contribution in [0.1, 0.15) is 89.1 Å². The molecule has 0 unspecified atom stereocenters. The Morgan fingerprint density at radius 1 is 0.895 bits per heavy atom. The number of fused-ring (bicyclic) bond motifs is 6. The molecule has 3 aromatic carbocycles. The molecule has 0 amide bonds. The average molecular weight is 517 g/mol. The maximum Gasteiger partial charge on any atom is 0.100 e. The van der Waals surface area contributed by atoms with E-state index in [0.717, 1.165) is 46.0 Å². The second-order valence-electron chi connectivity index (χ2n) is 13.5. The Bertz CT molecular complexity index is 1820. The summed E-state index contributed by atoms with van der Waals surface area (Å²) >= 11 is 1.84. The lowest BCUT2D eigenvalue weighted by atomic mass is 9.61. The third kappa shape index (κ3) is 3.53. The second kappa shape index (κ2) is 8.14. The summed E-state index contributed by atoms with van der Waals surface area (Å²) in [5.41, 5.74) is 8.43. The monoisotopic (exact) mass is 516 g/mol. The molecule has 0 spiro atoms. The molecule has 0 bridgehead atoms. The Hall–Kier alpha value is -3.22. The minimum absolute atomic E-state index is 0.00341. The number of aromatic nitrogens is 1. The van der Waals surface area contributed by atoms with Gasteiger partial charge in [-0.15, -0.1) is 11.3 Å². The molecular formula is C35H36N2S. The van der Waals surface area contributed by atoms with Crippen LogP contribution in [0.25, 0.3) is 42.2 Å². The first kappa shape index (κ1) is 25.1. The summed E-state index contributed by atoms with van der Waals surface area (Å²) in [6.07, 6.45) is 4.21. The molecule has 5 aromatic rings. The van der Waals surface area contributed by atoms with Gasteiger partial charge < -0.3 is 0 Å². The highest BCUT2D eigenvalue weighted by Gasteiger charge is 2.41. The van der Waals surface area contributed by atoms with Crippen LogP contribution in [0, 0.1) is 18.3 Å². The van der Waals surface area contributed by atoms with Gasteiger partial charge in [0, 0.05) is 27.2 Å². The van der Waals surface area contributed by atoms with Gasteiger partial charge in [0.2, 0.25) is 0 Å². The van der Waals surface area contributed by atoms with Gasteiger partial charge in [0.1, 0.15) is 6.07 Å². The summed E-state index contributed by atoms with van der Waals surface area (Å²) in [5, 5.41) is 15.3.